The topological polar surface area (TPSA) is 0 Å². The molecular weight excluding hydrogens is 324 g/mol. The van der Waals surface area contributed by atoms with Gasteiger partial charge in [0.05, 0.1) is 0 Å². The molecule has 3 fully saturated rings. The average molecular weight is 365 g/mol. The van der Waals surface area contributed by atoms with Crippen molar-refractivity contribution in [2.24, 2.45) is 29.6 Å². The van der Waals surface area contributed by atoms with Crippen molar-refractivity contribution in [3.8, 4) is 0 Å². The van der Waals surface area contributed by atoms with Crippen molar-refractivity contribution in [3.63, 3.8) is 0 Å². The molecule has 27 heavy (non-hydrogen) atoms. The summed E-state index contributed by atoms with van der Waals surface area (Å²) >= 11 is 0. The van der Waals surface area contributed by atoms with E-state index in [1.54, 1.807) is 12.0 Å². The third kappa shape index (κ3) is 4.69. The Labute approximate surface area is 167 Å². The van der Waals surface area contributed by atoms with E-state index in [2.05, 4.69) is 43.8 Å². The molecule has 0 bridgehead atoms. The van der Waals surface area contributed by atoms with Crippen molar-refractivity contribution >= 4 is 0 Å². The van der Waals surface area contributed by atoms with Crippen molar-refractivity contribution in [2.75, 3.05) is 0 Å². The Morgan fingerprint density at radius 3 is 2.07 bits per heavy atom. The Bertz CT molecular complexity index is 589. The lowest BCUT2D eigenvalue weighted by molar-refractivity contribution is 0.0713. The fourth-order valence-corrected chi connectivity index (χ4v) is 6.80. The number of benzene rings is 1. The van der Waals surface area contributed by atoms with Crippen LogP contribution < -0.4 is 0 Å². The summed E-state index contributed by atoms with van der Waals surface area (Å²) in [6.45, 7) is 6.10. The van der Waals surface area contributed by atoms with E-state index in [0.29, 0.717) is 0 Å². The molecule has 3 saturated carbocycles. The van der Waals surface area contributed by atoms with Gasteiger partial charge in [-0.15, -0.1) is 6.58 Å². The van der Waals surface area contributed by atoms with Crippen molar-refractivity contribution in [2.45, 2.75) is 89.9 Å². The molecule has 0 N–H and O–H groups in total. The van der Waals surface area contributed by atoms with Crippen LogP contribution in [0.1, 0.15) is 94.1 Å². The Morgan fingerprint density at radius 1 is 0.778 bits per heavy atom. The molecule has 4 atom stereocenters. The number of hydrogen-bond acceptors (Lipinski definition) is 0. The highest BCUT2D eigenvalue weighted by Crippen LogP contribution is 2.51. The molecule has 0 nitrogen and oxygen atoms in total. The molecule has 0 radical (unpaired) electrons. The van der Waals surface area contributed by atoms with Crippen LogP contribution in [0.25, 0.3) is 0 Å². The lowest BCUT2D eigenvalue weighted by Gasteiger charge is -2.45. The highest BCUT2D eigenvalue weighted by molar-refractivity contribution is 5.25. The van der Waals surface area contributed by atoms with Crippen LogP contribution in [0.5, 0.6) is 0 Å². The van der Waals surface area contributed by atoms with Gasteiger partial charge in [-0.25, -0.2) is 0 Å². The first-order chi connectivity index (χ1) is 13.2. The highest BCUT2D eigenvalue weighted by atomic mass is 14.4. The van der Waals surface area contributed by atoms with Crippen LogP contribution in [-0.2, 0) is 0 Å². The number of hydrogen-bond donors (Lipinski definition) is 0. The summed E-state index contributed by atoms with van der Waals surface area (Å²) in [5.41, 5.74) is 3.01. The maximum atomic E-state index is 3.90. The molecule has 148 valence electrons. The van der Waals surface area contributed by atoms with Crippen molar-refractivity contribution in [1.29, 1.82) is 0 Å². The van der Waals surface area contributed by atoms with Crippen LogP contribution in [-0.4, -0.2) is 0 Å². The molecule has 0 amide bonds. The van der Waals surface area contributed by atoms with E-state index in [0.717, 1.165) is 35.5 Å². The first-order valence-corrected chi connectivity index (χ1v) is 11.9. The summed E-state index contributed by atoms with van der Waals surface area (Å²) in [4.78, 5) is 0. The van der Waals surface area contributed by atoms with Crippen molar-refractivity contribution in [3.05, 3.63) is 48.0 Å². The minimum absolute atomic E-state index is 0.837. The molecule has 4 rings (SSSR count). The first-order valence-electron chi connectivity index (χ1n) is 11.9. The molecule has 0 aliphatic heterocycles. The van der Waals surface area contributed by atoms with E-state index in [-0.39, 0.29) is 0 Å². The maximum Gasteiger partial charge on any atom is -0.0159 e. The van der Waals surface area contributed by atoms with E-state index >= 15 is 0 Å². The Morgan fingerprint density at radius 2 is 1.37 bits per heavy atom. The number of allylic oxidation sites excluding steroid dienone is 1. The fourth-order valence-electron chi connectivity index (χ4n) is 6.80. The van der Waals surface area contributed by atoms with E-state index in [1.165, 1.54) is 76.2 Å². The van der Waals surface area contributed by atoms with E-state index in [4.69, 9.17) is 0 Å². The van der Waals surface area contributed by atoms with Gasteiger partial charge in [-0.3, -0.25) is 0 Å². The van der Waals surface area contributed by atoms with Crippen LogP contribution in [0.4, 0.5) is 0 Å². The predicted molar refractivity (Wildman–Crippen MR) is 117 cm³/mol. The van der Waals surface area contributed by atoms with Crippen LogP contribution in [0, 0.1) is 36.5 Å². The third-order valence-electron chi connectivity index (χ3n) is 8.54. The fraction of sp³-hybridized carbons (Fsp3) is 0.704. The SMILES string of the molecule is C=CCCC1CCC(C2CCC3CC(c4ccc(C)cc4)CCC3C2)CC1. The zero-order valence-electron chi connectivity index (χ0n) is 17.5. The zero-order valence-corrected chi connectivity index (χ0v) is 17.5. The monoisotopic (exact) mass is 364 g/mol. The minimum Gasteiger partial charge on any atom is -0.103 e. The van der Waals surface area contributed by atoms with Gasteiger partial charge in [0, 0.05) is 0 Å². The Kier molecular flexibility index (Phi) is 6.41. The second-order valence-corrected chi connectivity index (χ2v) is 10.2. The molecule has 0 aromatic heterocycles. The lowest BCUT2D eigenvalue weighted by Crippen LogP contribution is -2.34. The van der Waals surface area contributed by atoms with Gasteiger partial charge < -0.3 is 0 Å². The summed E-state index contributed by atoms with van der Waals surface area (Å²) in [5.74, 6) is 6.02. The average Bonchev–Trinajstić information content (AvgIpc) is 2.72. The van der Waals surface area contributed by atoms with Gasteiger partial charge in [-0.2, -0.15) is 0 Å². The molecule has 4 unspecified atom stereocenters. The largest absolute Gasteiger partial charge is 0.103 e. The first kappa shape index (κ1) is 19.3. The van der Waals surface area contributed by atoms with Crippen molar-refractivity contribution < 1.29 is 0 Å². The third-order valence-corrected chi connectivity index (χ3v) is 8.54. The van der Waals surface area contributed by atoms with Gasteiger partial charge in [0.2, 0.25) is 0 Å². The highest BCUT2D eigenvalue weighted by Gasteiger charge is 2.38. The van der Waals surface area contributed by atoms with E-state index < -0.39 is 0 Å². The molecule has 0 heteroatoms. The molecular formula is C27H40. The lowest BCUT2D eigenvalue weighted by atomic mass is 9.60. The zero-order chi connectivity index (χ0) is 18.6. The molecule has 0 spiro atoms. The number of aryl methyl sites for hydroxylation is 1. The summed E-state index contributed by atoms with van der Waals surface area (Å²) < 4.78 is 0. The van der Waals surface area contributed by atoms with Gasteiger partial charge in [0.15, 0.2) is 0 Å². The number of fused-ring (bicyclic) bond motifs is 1. The van der Waals surface area contributed by atoms with Crippen LogP contribution in [0.15, 0.2) is 36.9 Å². The second kappa shape index (κ2) is 8.97. The molecule has 1 aromatic carbocycles. The molecule has 3 aliphatic carbocycles. The summed E-state index contributed by atoms with van der Waals surface area (Å²) in [6.07, 6.45) is 19.8. The standard InChI is InChI=1S/C27H40/c1-3-4-5-21-8-12-23(13-9-21)25-15-17-26-18-24(14-16-27(26)19-25)22-10-6-20(2)7-11-22/h3,6-7,10-11,21,23-27H,1,4-5,8-9,12-19H2,2H3. The van der Waals surface area contributed by atoms with E-state index in [9.17, 15) is 0 Å². The predicted octanol–water partition coefficient (Wildman–Crippen LogP) is 8.07. The summed E-state index contributed by atoms with van der Waals surface area (Å²) in [7, 11) is 0. The maximum absolute atomic E-state index is 3.90. The van der Waals surface area contributed by atoms with E-state index in [1.807, 2.05) is 0 Å². The molecule has 0 heterocycles. The Hall–Kier alpha value is -1.04. The second-order valence-electron chi connectivity index (χ2n) is 10.2. The quantitative estimate of drug-likeness (QED) is 0.463. The van der Waals surface area contributed by atoms with Crippen molar-refractivity contribution in [1.82, 2.24) is 0 Å². The normalized spacial score (nSPS) is 36.8. The summed E-state index contributed by atoms with van der Waals surface area (Å²) in [6, 6.07) is 9.42. The van der Waals surface area contributed by atoms with Gasteiger partial charge in [0.1, 0.15) is 0 Å². The van der Waals surface area contributed by atoms with Gasteiger partial charge in [-0.05, 0) is 112 Å². The van der Waals surface area contributed by atoms with Gasteiger partial charge in [0.25, 0.3) is 0 Å². The number of rotatable bonds is 5. The summed E-state index contributed by atoms with van der Waals surface area (Å²) in [5, 5.41) is 0. The smallest absolute Gasteiger partial charge is 0.0159 e. The molecule has 3 aliphatic rings. The minimum atomic E-state index is 0.837. The van der Waals surface area contributed by atoms with Gasteiger partial charge >= 0.3 is 0 Å². The van der Waals surface area contributed by atoms with Crippen LogP contribution in [0.3, 0.4) is 0 Å². The van der Waals surface area contributed by atoms with Crippen LogP contribution in [0.2, 0.25) is 0 Å². The molecule has 1 aromatic rings. The van der Waals surface area contributed by atoms with Gasteiger partial charge in [-0.1, -0.05) is 48.7 Å². The Balaban J connectivity index is 1.27. The molecule has 0 saturated heterocycles. The van der Waals surface area contributed by atoms with Crippen LogP contribution >= 0.6 is 0 Å².